The number of hydrogen-bond donors (Lipinski definition) is 2. The van der Waals surface area contributed by atoms with Crippen molar-refractivity contribution < 1.29 is 28.9 Å². The van der Waals surface area contributed by atoms with E-state index in [4.69, 9.17) is 4.74 Å². The zero-order valence-corrected chi connectivity index (χ0v) is 18.0. The molecule has 1 unspecified atom stereocenters. The summed E-state index contributed by atoms with van der Waals surface area (Å²) in [5.41, 5.74) is 0.618. The van der Waals surface area contributed by atoms with Gasteiger partial charge in [-0.2, -0.15) is 0 Å². The van der Waals surface area contributed by atoms with E-state index in [0.29, 0.717) is 11.3 Å². The summed E-state index contributed by atoms with van der Waals surface area (Å²) in [6.45, 7) is 3.72. The van der Waals surface area contributed by atoms with E-state index < -0.39 is 29.3 Å². The SMILES string of the molecule is CC(C)Oc1cccc(/C(O)=C2/C(=O)C(=O)N(c3ccccc3O)C2c2ccc(F)cc2)c1. The van der Waals surface area contributed by atoms with Crippen LogP contribution in [0.4, 0.5) is 10.1 Å². The number of aliphatic hydroxyl groups is 1. The van der Waals surface area contributed by atoms with Crippen LogP contribution in [0.1, 0.15) is 31.0 Å². The molecule has 7 heteroatoms. The van der Waals surface area contributed by atoms with E-state index in [1.807, 2.05) is 13.8 Å². The maximum absolute atomic E-state index is 13.6. The van der Waals surface area contributed by atoms with Gasteiger partial charge in [0.1, 0.15) is 23.1 Å². The molecule has 1 amide bonds. The molecule has 0 spiro atoms. The van der Waals surface area contributed by atoms with Gasteiger partial charge in [0.25, 0.3) is 11.7 Å². The number of ether oxygens (including phenoxy) is 1. The second-order valence-electron chi connectivity index (χ2n) is 7.90. The van der Waals surface area contributed by atoms with Gasteiger partial charge in [0.15, 0.2) is 0 Å². The minimum absolute atomic E-state index is 0.102. The third-order valence-corrected chi connectivity index (χ3v) is 5.25. The monoisotopic (exact) mass is 447 g/mol. The maximum Gasteiger partial charge on any atom is 0.300 e. The van der Waals surface area contributed by atoms with Gasteiger partial charge in [0, 0.05) is 5.56 Å². The summed E-state index contributed by atoms with van der Waals surface area (Å²) in [4.78, 5) is 27.3. The summed E-state index contributed by atoms with van der Waals surface area (Å²) >= 11 is 0. The third-order valence-electron chi connectivity index (χ3n) is 5.25. The van der Waals surface area contributed by atoms with Gasteiger partial charge < -0.3 is 14.9 Å². The van der Waals surface area contributed by atoms with Crippen LogP contribution in [0.5, 0.6) is 11.5 Å². The Morgan fingerprint density at radius 1 is 1.00 bits per heavy atom. The molecule has 3 aromatic rings. The Kier molecular flexibility index (Phi) is 5.87. The Labute approximate surface area is 190 Å². The normalized spacial score (nSPS) is 17.6. The predicted molar refractivity (Wildman–Crippen MR) is 121 cm³/mol. The lowest BCUT2D eigenvalue weighted by molar-refractivity contribution is -0.132. The number of para-hydroxylation sites is 2. The number of ketones is 1. The highest BCUT2D eigenvalue weighted by atomic mass is 19.1. The lowest BCUT2D eigenvalue weighted by atomic mass is 9.95. The molecule has 1 atom stereocenters. The second kappa shape index (κ2) is 8.78. The Morgan fingerprint density at radius 2 is 1.70 bits per heavy atom. The van der Waals surface area contributed by atoms with Crippen LogP contribution >= 0.6 is 0 Å². The highest BCUT2D eigenvalue weighted by Crippen LogP contribution is 2.44. The molecule has 0 aromatic heterocycles. The largest absolute Gasteiger partial charge is 0.507 e. The molecule has 0 bridgehead atoms. The number of carbonyl (C=O) groups is 2. The molecule has 1 fully saturated rings. The maximum atomic E-state index is 13.6. The van der Waals surface area contributed by atoms with Crippen LogP contribution in [0.2, 0.25) is 0 Å². The van der Waals surface area contributed by atoms with Gasteiger partial charge in [-0.05, 0) is 55.8 Å². The Bertz CT molecular complexity index is 1250. The number of rotatable bonds is 5. The fraction of sp³-hybridized carbons (Fsp3) is 0.154. The minimum atomic E-state index is -1.08. The number of aliphatic hydroxyl groups excluding tert-OH is 1. The topological polar surface area (TPSA) is 87.1 Å². The molecule has 2 N–H and O–H groups in total. The van der Waals surface area contributed by atoms with Gasteiger partial charge in [-0.1, -0.05) is 36.4 Å². The van der Waals surface area contributed by atoms with Crippen LogP contribution in [-0.4, -0.2) is 28.0 Å². The van der Waals surface area contributed by atoms with Gasteiger partial charge in [-0.25, -0.2) is 4.39 Å². The van der Waals surface area contributed by atoms with Gasteiger partial charge in [-0.15, -0.1) is 0 Å². The zero-order valence-electron chi connectivity index (χ0n) is 18.0. The van der Waals surface area contributed by atoms with Crippen molar-refractivity contribution in [2.45, 2.75) is 26.0 Å². The summed E-state index contributed by atoms with van der Waals surface area (Å²) in [6.07, 6.45) is -0.103. The number of phenols is 1. The van der Waals surface area contributed by atoms with Crippen molar-refractivity contribution in [3.05, 3.63) is 95.3 Å². The van der Waals surface area contributed by atoms with Crippen LogP contribution in [0.3, 0.4) is 0 Å². The Hall–Kier alpha value is -4.13. The standard InChI is InChI=1S/C26H22FNO5/c1-15(2)33-19-7-5-6-17(14-19)24(30)22-23(16-10-12-18(27)13-11-16)28(26(32)25(22)31)20-8-3-4-9-21(20)29/h3-15,23,29-30H,1-2H3/b24-22-. The number of carbonyl (C=O) groups excluding carboxylic acids is 2. The van der Waals surface area contributed by atoms with E-state index in [1.165, 1.54) is 36.4 Å². The van der Waals surface area contributed by atoms with Crippen LogP contribution in [0, 0.1) is 5.82 Å². The van der Waals surface area contributed by atoms with Crippen LogP contribution in [0.15, 0.2) is 78.4 Å². The van der Waals surface area contributed by atoms with Crippen molar-refractivity contribution >= 4 is 23.1 Å². The third kappa shape index (κ3) is 4.17. The first-order valence-corrected chi connectivity index (χ1v) is 10.4. The fourth-order valence-electron chi connectivity index (χ4n) is 3.85. The molecule has 33 heavy (non-hydrogen) atoms. The van der Waals surface area contributed by atoms with Crippen molar-refractivity contribution in [3.63, 3.8) is 0 Å². The fourth-order valence-corrected chi connectivity index (χ4v) is 3.85. The molecular weight excluding hydrogens is 425 g/mol. The number of anilines is 1. The molecule has 6 nitrogen and oxygen atoms in total. The summed E-state index contributed by atoms with van der Waals surface area (Å²) in [5.74, 6) is -2.44. The first kappa shape index (κ1) is 22.1. The number of nitrogens with zero attached hydrogens (tertiary/aromatic N) is 1. The van der Waals surface area contributed by atoms with Crippen molar-refractivity contribution in [2.75, 3.05) is 4.90 Å². The van der Waals surface area contributed by atoms with Gasteiger partial charge in [0.2, 0.25) is 0 Å². The second-order valence-corrected chi connectivity index (χ2v) is 7.90. The van der Waals surface area contributed by atoms with Crippen LogP contribution in [0.25, 0.3) is 5.76 Å². The first-order chi connectivity index (χ1) is 15.8. The summed E-state index contributed by atoms with van der Waals surface area (Å²) < 4.78 is 19.3. The number of halogens is 1. The lowest BCUT2D eigenvalue weighted by Crippen LogP contribution is -2.29. The molecule has 1 heterocycles. The first-order valence-electron chi connectivity index (χ1n) is 10.4. The average molecular weight is 447 g/mol. The smallest absolute Gasteiger partial charge is 0.300 e. The molecule has 3 aromatic carbocycles. The Morgan fingerprint density at radius 3 is 2.36 bits per heavy atom. The molecular formula is C26H22FNO5. The van der Waals surface area contributed by atoms with E-state index in [-0.39, 0.29) is 28.7 Å². The number of hydrogen-bond acceptors (Lipinski definition) is 5. The number of phenolic OH excluding ortho intramolecular Hbond substituents is 1. The molecule has 1 aliphatic heterocycles. The van der Waals surface area contributed by atoms with Crippen LogP contribution in [-0.2, 0) is 9.59 Å². The molecule has 1 saturated heterocycles. The van der Waals surface area contributed by atoms with Crippen molar-refractivity contribution in [3.8, 4) is 11.5 Å². The van der Waals surface area contributed by atoms with Crippen LogP contribution < -0.4 is 9.64 Å². The van der Waals surface area contributed by atoms with Crippen molar-refractivity contribution in [1.82, 2.24) is 0 Å². The Balaban J connectivity index is 1.92. The number of amides is 1. The zero-order chi connectivity index (χ0) is 23.7. The van der Waals surface area contributed by atoms with E-state index in [0.717, 1.165) is 4.90 Å². The highest BCUT2D eigenvalue weighted by molar-refractivity contribution is 6.51. The molecule has 1 aliphatic rings. The summed E-state index contributed by atoms with van der Waals surface area (Å²) in [6, 6.07) is 16.8. The van der Waals surface area contributed by atoms with E-state index in [2.05, 4.69) is 0 Å². The molecule has 4 rings (SSSR count). The summed E-state index contributed by atoms with van der Waals surface area (Å²) in [5, 5.41) is 21.6. The van der Waals surface area contributed by atoms with Crippen molar-refractivity contribution in [2.24, 2.45) is 0 Å². The van der Waals surface area contributed by atoms with Gasteiger partial charge in [-0.3, -0.25) is 14.5 Å². The predicted octanol–water partition coefficient (Wildman–Crippen LogP) is 4.94. The number of Topliss-reactive ketones (excluding diaryl/α,β-unsaturated/α-hetero) is 1. The van der Waals surface area contributed by atoms with Crippen molar-refractivity contribution in [1.29, 1.82) is 0 Å². The highest BCUT2D eigenvalue weighted by Gasteiger charge is 2.47. The van der Waals surface area contributed by atoms with E-state index in [9.17, 15) is 24.2 Å². The number of benzene rings is 3. The van der Waals surface area contributed by atoms with Gasteiger partial charge >= 0.3 is 0 Å². The average Bonchev–Trinajstić information content (AvgIpc) is 3.04. The summed E-state index contributed by atoms with van der Waals surface area (Å²) in [7, 11) is 0. The molecule has 168 valence electrons. The lowest BCUT2D eigenvalue weighted by Gasteiger charge is -2.26. The molecule has 0 radical (unpaired) electrons. The van der Waals surface area contributed by atoms with Gasteiger partial charge in [0.05, 0.1) is 23.4 Å². The minimum Gasteiger partial charge on any atom is -0.507 e. The quantitative estimate of drug-likeness (QED) is 0.329. The van der Waals surface area contributed by atoms with E-state index >= 15 is 0 Å². The number of aromatic hydroxyl groups is 1. The molecule has 0 aliphatic carbocycles. The van der Waals surface area contributed by atoms with E-state index in [1.54, 1.807) is 36.4 Å². The molecule has 0 saturated carbocycles.